The number of hydrogen-bond acceptors (Lipinski definition) is 5. The molecule has 2 aromatic rings. The summed E-state index contributed by atoms with van der Waals surface area (Å²) in [7, 11) is -3.83. The van der Waals surface area contributed by atoms with Crippen LogP contribution in [0.1, 0.15) is 83.8 Å². The molecule has 0 saturated carbocycles. The van der Waals surface area contributed by atoms with Crippen LogP contribution in [0.15, 0.2) is 59.5 Å². The number of hydrazine groups is 1. The zero-order valence-electron chi connectivity index (χ0n) is 19.3. The molecule has 1 unspecified atom stereocenters. The molecule has 2 aromatic carbocycles. The van der Waals surface area contributed by atoms with Crippen molar-refractivity contribution in [2.24, 2.45) is 0 Å². The predicted molar refractivity (Wildman–Crippen MR) is 137 cm³/mol. The molecular weight excluding hydrogens is 452 g/mol. The molecule has 0 aliphatic carbocycles. The van der Waals surface area contributed by atoms with Crippen molar-refractivity contribution in [3.8, 4) is 0 Å². The molecule has 1 atom stereocenters. The Morgan fingerprint density at radius 2 is 1.59 bits per heavy atom. The van der Waals surface area contributed by atoms with E-state index in [1.54, 1.807) is 54.6 Å². The number of aliphatic carboxylic acids is 1. The van der Waals surface area contributed by atoms with Crippen LogP contribution >= 0.6 is 0 Å². The molecule has 0 aliphatic heterocycles. The van der Waals surface area contributed by atoms with Gasteiger partial charge < -0.3 is 10.2 Å². The summed E-state index contributed by atoms with van der Waals surface area (Å²) in [6.45, 7) is 2.55. The topological polar surface area (TPSA) is 107 Å². The van der Waals surface area contributed by atoms with Gasteiger partial charge in [-0.05, 0) is 49.1 Å². The highest BCUT2D eigenvalue weighted by Gasteiger charge is 2.25. The molecule has 0 aliphatic rings. The van der Waals surface area contributed by atoms with Gasteiger partial charge in [0.05, 0.1) is 16.7 Å². The fourth-order valence-corrected chi connectivity index (χ4v) is 4.91. The number of benzene rings is 2. The lowest BCUT2D eigenvalue weighted by Crippen LogP contribution is -2.43. The highest BCUT2D eigenvalue weighted by atomic mass is 32.2. The molecule has 0 heterocycles. The predicted octanol–water partition coefficient (Wildman–Crippen LogP) is 5.67. The van der Waals surface area contributed by atoms with Crippen LogP contribution in [-0.2, 0) is 14.8 Å². The quantitative estimate of drug-likeness (QED) is 0.206. The van der Waals surface area contributed by atoms with Crippen molar-refractivity contribution in [2.75, 3.05) is 11.0 Å². The number of carbonyl (C=O) groups is 1. The molecule has 0 amide bonds. The van der Waals surface area contributed by atoms with Crippen molar-refractivity contribution < 1.29 is 23.4 Å². The maximum atomic E-state index is 13.3. The Morgan fingerprint density at radius 1 is 0.941 bits per heavy atom. The summed E-state index contributed by atoms with van der Waals surface area (Å²) in [6, 6.07) is 15.2. The minimum atomic E-state index is -3.83. The van der Waals surface area contributed by atoms with Crippen LogP contribution in [0.5, 0.6) is 0 Å². The van der Waals surface area contributed by atoms with Gasteiger partial charge in [0.1, 0.15) is 0 Å². The molecule has 0 bridgehead atoms. The highest BCUT2D eigenvalue weighted by molar-refractivity contribution is 7.92. The zero-order valence-corrected chi connectivity index (χ0v) is 20.1. The first-order valence-electron chi connectivity index (χ1n) is 11.7. The number of nitrogens with zero attached hydrogens (tertiary/aromatic N) is 1. The number of hydrogen-bond donors (Lipinski definition) is 3. The summed E-state index contributed by atoms with van der Waals surface area (Å²) in [5, 5.41) is 19.1. The van der Waals surface area contributed by atoms with Gasteiger partial charge in [0.15, 0.2) is 0 Å². The number of unbranched alkanes of at least 4 members (excludes halogenated alkanes) is 5. The Kier molecular flexibility index (Phi) is 13.5. The van der Waals surface area contributed by atoms with Gasteiger partial charge in [-0.15, -0.1) is 0 Å². The van der Waals surface area contributed by atoms with Gasteiger partial charge in [-0.3, -0.25) is 4.79 Å². The fourth-order valence-electron chi connectivity index (χ4n) is 3.53. The van der Waals surface area contributed by atoms with E-state index in [-0.39, 0.29) is 18.7 Å². The summed E-state index contributed by atoms with van der Waals surface area (Å²) >= 11 is 0. The second-order valence-corrected chi connectivity index (χ2v) is 9.94. The van der Waals surface area contributed by atoms with Crippen molar-refractivity contribution in [1.82, 2.24) is 5.43 Å². The Balaban J connectivity index is 0.00000578. The third kappa shape index (κ3) is 9.44. The van der Waals surface area contributed by atoms with Gasteiger partial charge >= 0.3 is 5.97 Å². The largest absolute Gasteiger partial charge is 0.481 e. The lowest BCUT2D eigenvalue weighted by Gasteiger charge is -2.25. The van der Waals surface area contributed by atoms with Gasteiger partial charge in [0, 0.05) is 13.0 Å². The summed E-state index contributed by atoms with van der Waals surface area (Å²) < 4.78 is 27.8. The molecule has 3 N–H and O–H groups in total. The third-order valence-corrected chi connectivity index (χ3v) is 7.14. The summed E-state index contributed by atoms with van der Waals surface area (Å²) in [5.41, 5.74) is 4.27. The van der Waals surface area contributed by atoms with E-state index in [4.69, 9.17) is 5.11 Å². The number of sulfonamides is 1. The second-order valence-electron chi connectivity index (χ2n) is 8.15. The molecule has 0 radical (unpaired) electrons. The summed E-state index contributed by atoms with van der Waals surface area (Å²) in [5.74, 6) is -0.799. The van der Waals surface area contributed by atoms with Crippen LogP contribution in [0.3, 0.4) is 0 Å². The van der Waals surface area contributed by atoms with E-state index in [9.17, 15) is 18.3 Å². The molecule has 0 saturated heterocycles. The Bertz CT molecular complexity index is 933. The molecular formula is C26H40N2O5S. The molecule has 190 valence electrons. The number of rotatable bonds is 16. The Labute approximate surface area is 204 Å². The molecule has 8 heteroatoms. The average molecular weight is 493 g/mol. The lowest BCUT2D eigenvalue weighted by molar-refractivity contribution is -0.137. The van der Waals surface area contributed by atoms with E-state index in [1.807, 2.05) is 0 Å². The van der Waals surface area contributed by atoms with Gasteiger partial charge in [-0.2, -0.15) is 12.8 Å². The fraction of sp³-hybridized carbons (Fsp3) is 0.500. The number of aliphatic hydroxyl groups excluding tert-OH is 1. The van der Waals surface area contributed by atoms with Crippen LogP contribution in [0.25, 0.3) is 0 Å². The van der Waals surface area contributed by atoms with Crippen LogP contribution in [0.4, 0.5) is 5.69 Å². The second kappa shape index (κ2) is 15.5. The van der Waals surface area contributed by atoms with E-state index < -0.39 is 22.1 Å². The first-order chi connectivity index (χ1) is 15.9. The molecule has 2 rings (SSSR count). The monoisotopic (exact) mass is 492 g/mol. The molecule has 0 fully saturated rings. The zero-order chi connectivity index (χ0) is 24.1. The standard InChI is InChI=1S/C25H36N2O5S.CH4/c1-2-3-7-14-24(28)21-16-18-22(19-17-21)27(26-20-11-5-4-10-15-25(29)30)33(31,32)23-12-8-6-9-13-23;/h6,8-9,12-13,16-19,24,26,28H,2-5,7,10-11,14-15,20H2,1H3,(H,29,30);1H4. The van der Waals surface area contributed by atoms with Crippen molar-refractivity contribution >= 4 is 21.7 Å². The van der Waals surface area contributed by atoms with Crippen LogP contribution in [0.2, 0.25) is 0 Å². The summed E-state index contributed by atoms with van der Waals surface area (Å²) in [6.07, 6.45) is 6.29. The number of anilines is 1. The van der Waals surface area contributed by atoms with Crippen LogP contribution in [0, 0.1) is 0 Å². The van der Waals surface area contributed by atoms with Crippen molar-refractivity contribution in [1.29, 1.82) is 0 Å². The number of carboxylic acid groups (broad SMARTS) is 1. The first-order valence-corrected chi connectivity index (χ1v) is 13.1. The number of aliphatic hydroxyl groups is 1. The minimum Gasteiger partial charge on any atom is -0.481 e. The Morgan fingerprint density at radius 3 is 2.21 bits per heavy atom. The molecule has 7 nitrogen and oxygen atoms in total. The number of nitrogens with one attached hydrogen (secondary N) is 1. The average Bonchev–Trinajstić information content (AvgIpc) is 2.81. The highest BCUT2D eigenvalue weighted by Crippen LogP contribution is 2.26. The molecule has 0 aromatic heterocycles. The van der Waals surface area contributed by atoms with Crippen molar-refractivity contribution in [3.05, 3.63) is 60.2 Å². The smallest absolute Gasteiger partial charge is 0.303 e. The molecule has 34 heavy (non-hydrogen) atoms. The van der Waals surface area contributed by atoms with Crippen molar-refractivity contribution in [2.45, 2.75) is 83.1 Å². The normalized spacial score (nSPS) is 12.1. The minimum absolute atomic E-state index is 0. The van der Waals surface area contributed by atoms with Crippen molar-refractivity contribution in [3.63, 3.8) is 0 Å². The van der Waals surface area contributed by atoms with E-state index in [1.165, 1.54) is 4.41 Å². The van der Waals surface area contributed by atoms with Gasteiger partial charge in [0.25, 0.3) is 10.0 Å². The van der Waals surface area contributed by atoms with Gasteiger partial charge in [0.2, 0.25) is 0 Å². The SMILES string of the molecule is C.CCCCCC(O)c1ccc(N(NCCCCCCC(=O)O)S(=O)(=O)c2ccccc2)cc1. The lowest BCUT2D eigenvalue weighted by atomic mass is 10.0. The maximum Gasteiger partial charge on any atom is 0.303 e. The van der Waals surface area contributed by atoms with E-state index in [2.05, 4.69) is 12.3 Å². The van der Waals surface area contributed by atoms with E-state index >= 15 is 0 Å². The van der Waals surface area contributed by atoms with E-state index in [0.717, 1.165) is 37.7 Å². The van der Waals surface area contributed by atoms with Gasteiger partial charge in [-0.1, -0.05) is 76.8 Å². The first kappa shape index (κ1) is 29.6. The molecule has 0 spiro atoms. The Hall–Kier alpha value is -2.42. The van der Waals surface area contributed by atoms with Gasteiger partial charge in [-0.25, -0.2) is 5.43 Å². The number of carboxylic acids is 1. The summed E-state index contributed by atoms with van der Waals surface area (Å²) in [4.78, 5) is 10.8. The maximum absolute atomic E-state index is 13.3. The third-order valence-electron chi connectivity index (χ3n) is 5.45. The van der Waals surface area contributed by atoms with Crippen LogP contribution < -0.4 is 9.84 Å². The van der Waals surface area contributed by atoms with E-state index in [0.29, 0.717) is 31.5 Å². The van der Waals surface area contributed by atoms with Crippen LogP contribution in [-0.4, -0.2) is 31.1 Å².